The number of thiazole rings is 1. The zero-order valence-corrected chi connectivity index (χ0v) is 21.9. The van der Waals surface area contributed by atoms with Crippen LogP contribution in [0.1, 0.15) is 34.5 Å². The Balaban J connectivity index is 1.46. The molecule has 36 heavy (non-hydrogen) atoms. The first kappa shape index (κ1) is 24.3. The molecule has 1 aliphatic rings. The van der Waals surface area contributed by atoms with Crippen molar-refractivity contribution in [1.82, 2.24) is 14.9 Å². The zero-order chi connectivity index (χ0) is 25.4. The van der Waals surface area contributed by atoms with Gasteiger partial charge in [-0.3, -0.25) is 4.79 Å². The third-order valence-electron chi connectivity index (χ3n) is 6.78. The molecule has 2 heterocycles. The molecular weight excluding hydrogens is 475 g/mol. The maximum atomic E-state index is 13.9. The number of hydrogen-bond acceptors (Lipinski definition) is 5. The highest BCUT2D eigenvalue weighted by atomic mass is 32.1. The van der Waals surface area contributed by atoms with Crippen LogP contribution < -0.4 is 9.64 Å². The number of aromatic amines is 1. The van der Waals surface area contributed by atoms with Crippen molar-refractivity contribution in [2.45, 2.75) is 26.2 Å². The van der Waals surface area contributed by atoms with Gasteiger partial charge >= 0.3 is 0 Å². The van der Waals surface area contributed by atoms with Crippen LogP contribution in [0.15, 0.2) is 42.6 Å². The number of aromatic nitrogens is 2. The number of carbonyl (C=O) groups is 1. The van der Waals surface area contributed by atoms with Gasteiger partial charge in [0.05, 0.1) is 12.0 Å². The second-order valence-electron chi connectivity index (χ2n) is 9.65. The predicted octanol–water partition coefficient (Wildman–Crippen LogP) is 5.91. The number of ether oxygens (including phenoxy) is 1. The number of anilines is 1. The molecule has 5 rings (SSSR count). The van der Waals surface area contributed by atoms with E-state index in [9.17, 15) is 9.18 Å². The molecule has 0 bridgehead atoms. The number of aryl methyl sites for hydroxylation is 1. The summed E-state index contributed by atoms with van der Waals surface area (Å²) in [4.78, 5) is 26.7. The fraction of sp³-hybridized carbons (Fsp3) is 0.357. The van der Waals surface area contributed by atoms with Crippen LogP contribution in [-0.4, -0.2) is 55.1 Å². The quantitative estimate of drug-likeness (QED) is 0.307. The lowest BCUT2D eigenvalue weighted by Crippen LogP contribution is -2.35. The smallest absolute Gasteiger partial charge is 0.274 e. The number of fused-ring (bicyclic) bond motifs is 1. The molecule has 4 aromatic rings. The van der Waals surface area contributed by atoms with Crippen molar-refractivity contribution < 1.29 is 13.9 Å². The minimum Gasteiger partial charge on any atom is -0.496 e. The van der Waals surface area contributed by atoms with E-state index in [1.807, 2.05) is 42.2 Å². The molecule has 2 aromatic carbocycles. The van der Waals surface area contributed by atoms with Crippen LogP contribution in [0.3, 0.4) is 0 Å². The third kappa shape index (κ3) is 4.82. The summed E-state index contributed by atoms with van der Waals surface area (Å²) in [5, 5.41) is 1.91. The summed E-state index contributed by atoms with van der Waals surface area (Å²) in [7, 11) is 5.51. The van der Waals surface area contributed by atoms with E-state index in [1.54, 1.807) is 19.2 Å². The highest BCUT2D eigenvalue weighted by Gasteiger charge is 2.30. The van der Waals surface area contributed by atoms with Gasteiger partial charge in [0.1, 0.15) is 17.3 Å². The monoisotopic (exact) mass is 506 g/mol. The molecule has 1 saturated carbocycles. The van der Waals surface area contributed by atoms with Crippen molar-refractivity contribution in [3.8, 4) is 16.2 Å². The maximum absolute atomic E-state index is 13.9. The molecule has 0 saturated heterocycles. The molecule has 0 aliphatic heterocycles. The SMILES string of the molecule is COc1ccc2[nH]cc(CCN(CC3CC3)C(=O)c3nc(N(C)C)sc3-c3ccc(F)cc3)c2c1C. The standard InChI is InChI=1S/C28H31FN4O2S/c1-17-23(35-4)12-11-22-24(17)20(15-30-22)13-14-33(16-18-5-6-18)27(34)25-26(36-28(31-25)32(2)3)19-7-9-21(29)10-8-19/h7-12,15,18,30H,5-6,13-14,16H2,1-4H3. The van der Waals surface area contributed by atoms with E-state index in [0.29, 0.717) is 18.2 Å². The Kier molecular flexibility index (Phi) is 6.71. The number of nitrogens with one attached hydrogen (secondary N) is 1. The maximum Gasteiger partial charge on any atom is 0.274 e. The number of halogens is 1. The van der Waals surface area contributed by atoms with Gasteiger partial charge < -0.3 is 19.5 Å². The minimum atomic E-state index is -0.301. The van der Waals surface area contributed by atoms with Crippen LogP contribution in [0.5, 0.6) is 5.75 Å². The molecule has 6 nitrogen and oxygen atoms in total. The van der Waals surface area contributed by atoms with Crippen LogP contribution in [0, 0.1) is 18.7 Å². The van der Waals surface area contributed by atoms with Gasteiger partial charge in [0.25, 0.3) is 5.91 Å². The van der Waals surface area contributed by atoms with E-state index < -0.39 is 0 Å². The third-order valence-corrected chi connectivity index (χ3v) is 8.05. The van der Waals surface area contributed by atoms with Crippen LogP contribution in [0.4, 0.5) is 9.52 Å². The van der Waals surface area contributed by atoms with Crippen molar-refractivity contribution in [3.05, 3.63) is 65.2 Å². The molecule has 2 aromatic heterocycles. The number of hydrogen-bond donors (Lipinski definition) is 1. The number of H-pyrrole nitrogens is 1. The highest BCUT2D eigenvalue weighted by Crippen LogP contribution is 2.37. The number of methoxy groups -OCH3 is 1. The van der Waals surface area contributed by atoms with Gasteiger partial charge in [-0.05, 0) is 67.5 Å². The molecular formula is C28H31FN4O2S. The first-order valence-electron chi connectivity index (χ1n) is 12.2. The van der Waals surface area contributed by atoms with Crippen LogP contribution in [-0.2, 0) is 6.42 Å². The second kappa shape index (κ2) is 9.93. The van der Waals surface area contributed by atoms with Crippen molar-refractivity contribution >= 4 is 33.3 Å². The van der Waals surface area contributed by atoms with Gasteiger partial charge in [0.2, 0.25) is 0 Å². The fourth-order valence-corrected chi connectivity index (χ4v) is 5.60. The number of benzene rings is 2. The molecule has 1 N–H and O–H groups in total. The van der Waals surface area contributed by atoms with Crippen LogP contribution in [0.25, 0.3) is 21.3 Å². The van der Waals surface area contributed by atoms with Gasteiger partial charge in [-0.1, -0.05) is 23.5 Å². The van der Waals surface area contributed by atoms with Crippen molar-refractivity contribution in [2.75, 3.05) is 39.2 Å². The van der Waals surface area contributed by atoms with E-state index in [4.69, 9.17) is 9.72 Å². The van der Waals surface area contributed by atoms with Gasteiger partial charge in [-0.15, -0.1) is 0 Å². The van der Waals surface area contributed by atoms with Gasteiger partial charge in [0, 0.05) is 49.8 Å². The topological polar surface area (TPSA) is 61.5 Å². The Morgan fingerprint density at radius 3 is 2.61 bits per heavy atom. The van der Waals surface area contributed by atoms with Crippen molar-refractivity contribution in [3.63, 3.8) is 0 Å². The van der Waals surface area contributed by atoms with E-state index in [1.165, 1.54) is 29.0 Å². The summed E-state index contributed by atoms with van der Waals surface area (Å²) in [5.74, 6) is 1.03. The number of carbonyl (C=O) groups excluding carboxylic acids is 1. The van der Waals surface area contributed by atoms with E-state index >= 15 is 0 Å². The number of nitrogens with zero attached hydrogens (tertiary/aromatic N) is 3. The summed E-state index contributed by atoms with van der Waals surface area (Å²) in [5.41, 5.74) is 4.57. The van der Waals surface area contributed by atoms with E-state index in [2.05, 4.69) is 11.9 Å². The highest BCUT2D eigenvalue weighted by molar-refractivity contribution is 7.19. The fourth-order valence-electron chi connectivity index (χ4n) is 4.62. The lowest BCUT2D eigenvalue weighted by molar-refractivity contribution is 0.0745. The van der Waals surface area contributed by atoms with Crippen molar-refractivity contribution in [2.24, 2.45) is 5.92 Å². The average Bonchev–Trinajstić information content (AvgIpc) is 3.41. The lowest BCUT2D eigenvalue weighted by atomic mass is 10.0. The molecule has 0 atom stereocenters. The summed E-state index contributed by atoms with van der Waals surface area (Å²) < 4.78 is 19.1. The first-order valence-corrected chi connectivity index (χ1v) is 13.0. The Bertz CT molecular complexity index is 1390. The minimum absolute atomic E-state index is 0.0697. The Morgan fingerprint density at radius 2 is 1.94 bits per heavy atom. The summed E-state index contributed by atoms with van der Waals surface area (Å²) >= 11 is 1.46. The summed E-state index contributed by atoms with van der Waals surface area (Å²) in [6.45, 7) is 3.39. The van der Waals surface area contributed by atoms with Gasteiger partial charge in [-0.25, -0.2) is 9.37 Å². The average molecular weight is 507 g/mol. The molecule has 0 radical (unpaired) electrons. The molecule has 1 amide bonds. The Labute approximate surface area is 214 Å². The normalized spacial score (nSPS) is 13.2. The number of amides is 1. The van der Waals surface area contributed by atoms with Gasteiger partial charge in [-0.2, -0.15) is 0 Å². The largest absolute Gasteiger partial charge is 0.496 e. The predicted molar refractivity (Wildman–Crippen MR) is 144 cm³/mol. The van der Waals surface area contributed by atoms with Crippen LogP contribution in [0.2, 0.25) is 0 Å². The summed E-state index contributed by atoms with van der Waals surface area (Å²) in [6, 6.07) is 10.3. The summed E-state index contributed by atoms with van der Waals surface area (Å²) in [6.07, 6.45) is 5.06. The first-order chi connectivity index (χ1) is 17.4. The molecule has 1 aliphatic carbocycles. The van der Waals surface area contributed by atoms with Crippen molar-refractivity contribution in [1.29, 1.82) is 0 Å². The van der Waals surface area contributed by atoms with Gasteiger partial charge in [0.15, 0.2) is 5.13 Å². The molecule has 1 fully saturated rings. The van der Waals surface area contributed by atoms with E-state index in [0.717, 1.165) is 63.6 Å². The lowest BCUT2D eigenvalue weighted by Gasteiger charge is -2.22. The second-order valence-corrected chi connectivity index (χ2v) is 10.6. The Hall–Kier alpha value is -3.39. The molecule has 0 spiro atoms. The van der Waals surface area contributed by atoms with Crippen LogP contribution >= 0.6 is 11.3 Å². The zero-order valence-electron chi connectivity index (χ0n) is 21.1. The van der Waals surface area contributed by atoms with E-state index in [-0.39, 0.29) is 11.7 Å². The molecule has 8 heteroatoms. The Morgan fingerprint density at radius 1 is 1.19 bits per heavy atom. The molecule has 0 unspecified atom stereocenters. The molecule has 188 valence electrons. The number of rotatable bonds is 9.